The number of aromatic hydroxyl groups is 1. The highest BCUT2D eigenvalue weighted by atomic mass is 16.5. The minimum absolute atomic E-state index is 0.0711. The number of carbonyl (C=O) groups excluding carboxylic acids is 2. The monoisotopic (exact) mass is 386 g/mol. The molecule has 0 spiro atoms. The predicted octanol–water partition coefficient (Wildman–Crippen LogP) is 5.90. The molecule has 0 aliphatic heterocycles. The van der Waals surface area contributed by atoms with Gasteiger partial charge in [-0.05, 0) is 55.7 Å². The molecule has 0 radical (unpaired) electrons. The maximum Gasteiger partial charge on any atom is 0.167 e. The number of benzene rings is 1. The second-order valence-corrected chi connectivity index (χ2v) is 8.25. The van der Waals surface area contributed by atoms with Gasteiger partial charge in [0.2, 0.25) is 0 Å². The number of Topliss-reactive ketones (excluding diaryl/α,β-unsaturated/α-hetero) is 1. The van der Waals surface area contributed by atoms with E-state index in [1.807, 2.05) is 33.8 Å². The smallest absolute Gasteiger partial charge is 0.167 e. The van der Waals surface area contributed by atoms with Gasteiger partial charge < -0.3 is 9.84 Å². The summed E-state index contributed by atoms with van der Waals surface area (Å²) in [6.45, 7) is 12.0. The quantitative estimate of drug-likeness (QED) is 0.276. The highest BCUT2D eigenvalue weighted by Gasteiger charge is 2.26. The zero-order valence-corrected chi connectivity index (χ0v) is 17.9. The number of hydrogen-bond donors (Lipinski definition) is 1. The van der Waals surface area contributed by atoms with Crippen LogP contribution in [0.3, 0.4) is 0 Å². The lowest BCUT2D eigenvalue weighted by molar-refractivity contribution is -0.115. The van der Waals surface area contributed by atoms with E-state index >= 15 is 0 Å². The number of allylic oxidation sites excluding steroid dienone is 3. The summed E-state index contributed by atoms with van der Waals surface area (Å²) < 4.78 is 5.06. The second-order valence-electron chi connectivity index (χ2n) is 8.25. The van der Waals surface area contributed by atoms with E-state index in [2.05, 4.69) is 6.58 Å². The second kappa shape index (κ2) is 10.8. The molecule has 1 rings (SSSR count). The molecule has 0 aliphatic rings. The Labute approximate surface area is 169 Å². The Morgan fingerprint density at radius 3 is 2.54 bits per heavy atom. The van der Waals surface area contributed by atoms with Crippen LogP contribution in [0, 0.1) is 11.3 Å². The Morgan fingerprint density at radius 1 is 1.32 bits per heavy atom. The lowest BCUT2D eigenvalue weighted by Crippen LogP contribution is -2.18. The van der Waals surface area contributed by atoms with Gasteiger partial charge in [0.05, 0.1) is 12.7 Å². The molecule has 1 aromatic carbocycles. The normalized spacial score (nSPS) is 13.9. The van der Waals surface area contributed by atoms with E-state index < -0.39 is 0 Å². The fourth-order valence-electron chi connectivity index (χ4n) is 3.18. The molecule has 1 atom stereocenters. The first kappa shape index (κ1) is 23.7. The number of rotatable bonds is 12. The van der Waals surface area contributed by atoms with Gasteiger partial charge in [0, 0.05) is 18.9 Å². The summed E-state index contributed by atoms with van der Waals surface area (Å²) in [7, 11) is 1.51. The highest BCUT2D eigenvalue weighted by Crippen LogP contribution is 2.34. The van der Waals surface area contributed by atoms with Gasteiger partial charge in [-0.25, -0.2) is 0 Å². The molecule has 0 unspecified atom stereocenters. The molecule has 154 valence electrons. The summed E-state index contributed by atoms with van der Waals surface area (Å²) in [5.74, 6) is 0.847. The minimum atomic E-state index is -0.369. The SMILES string of the molecule is C=C[C@@](C)(CCC/C(C)=C\C(=O)CC(C)C)CC(=O)c1ccc(OC)cc1O. The van der Waals surface area contributed by atoms with E-state index in [4.69, 9.17) is 4.74 Å². The van der Waals surface area contributed by atoms with Crippen LogP contribution in [0.5, 0.6) is 11.5 Å². The third-order valence-electron chi connectivity index (χ3n) is 4.90. The predicted molar refractivity (Wildman–Crippen MR) is 114 cm³/mol. The molecular formula is C24H34O4. The topological polar surface area (TPSA) is 63.6 Å². The van der Waals surface area contributed by atoms with Crippen molar-refractivity contribution < 1.29 is 19.4 Å². The third kappa shape index (κ3) is 7.71. The minimum Gasteiger partial charge on any atom is -0.507 e. The fourth-order valence-corrected chi connectivity index (χ4v) is 3.18. The van der Waals surface area contributed by atoms with E-state index in [1.165, 1.54) is 13.2 Å². The zero-order chi connectivity index (χ0) is 21.3. The summed E-state index contributed by atoms with van der Waals surface area (Å²) in [5, 5.41) is 10.1. The number of phenols is 1. The van der Waals surface area contributed by atoms with Crippen molar-refractivity contribution in [2.24, 2.45) is 11.3 Å². The van der Waals surface area contributed by atoms with Crippen LogP contribution in [-0.2, 0) is 4.79 Å². The van der Waals surface area contributed by atoms with Crippen molar-refractivity contribution in [2.75, 3.05) is 7.11 Å². The van der Waals surface area contributed by atoms with Crippen molar-refractivity contribution in [1.82, 2.24) is 0 Å². The van der Waals surface area contributed by atoms with Gasteiger partial charge >= 0.3 is 0 Å². The number of hydrogen-bond acceptors (Lipinski definition) is 4. The molecule has 0 aromatic heterocycles. The van der Waals surface area contributed by atoms with Crippen LogP contribution in [-0.4, -0.2) is 23.8 Å². The molecular weight excluding hydrogens is 352 g/mol. The maximum atomic E-state index is 12.7. The van der Waals surface area contributed by atoms with Crippen molar-refractivity contribution >= 4 is 11.6 Å². The molecule has 4 nitrogen and oxygen atoms in total. The molecule has 0 saturated heterocycles. The summed E-state index contributed by atoms with van der Waals surface area (Å²) in [5.41, 5.74) is 0.992. The zero-order valence-electron chi connectivity index (χ0n) is 17.9. The summed E-state index contributed by atoms with van der Waals surface area (Å²) in [6.07, 6.45) is 6.85. The van der Waals surface area contributed by atoms with Crippen LogP contribution >= 0.6 is 0 Å². The molecule has 1 N–H and O–H groups in total. The lowest BCUT2D eigenvalue weighted by atomic mass is 9.79. The first-order valence-corrected chi connectivity index (χ1v) is 9.84. The summed E-state index contributed by atoms with van der Waals surface area (Å²) in [4.78, 5) is 24.6. The molecule has 0 heterocycles. The van der Waals surface area contributed by atoms with E-state index in [1.54, 1.807) is 18.2 Å². The maximum absolute atomic E-state index is 12.7. The third-order valence-corrected chi connectivity index (χ3v) is 4.90. The fraction of sp³-hybridized carbons (Fsp3) is 0.500. The van der Waals surface area contributed by atoms with Crippen molar-refractivity contribution in [1.29, 1.82) is 0 Å². The van der Waals surface area contributed by atoms with Crippen molar-refractivity contribution in [3.8, 4) is 11.5 Å². The van der Waals surface area contributed by atoms with E-state index in [-0.39, 0.29) is 29.2 Å². The Hall–Kier alpha value is -2.36. The molecule has 0 saturated carbocycles. The standard InChI is InChI=1S/C24H34O4/c1-7-24(5,12-8-9-18(4)14-19(25)13-17(2)3)16-23(27)21-11-10-20(28-6)15-22(21)26/h7,10-11,14-15,17,26H,1,8-9,12-13,16H2,2-6H3/b18-14-/t24-/m0/s1. The van der Waals surface area contributed by atoms with Crippen LogP contribution in [0.4, 0.5) is 0 Å². The Balaban J connectivity index is 2.67. The van der Waals surface area contributed by atoms with Gasteiger partial charge in [-0.2, -0.15) is 0 Å². The number of carbonyl (C=O) groups is 2. The molecule has 0 bridgehead atoms. The first-order chi connectivity index (χ1) is 13.1. The Bertz CT molecular complexity index is 730. The van der Waals surface area contributed by atoms with E-state index in [9.17, 15) is 14.7 Å². The molecule has 0 fully saturated rings. The largest absolute Gasteiger partial charge is 0.507 e. The average Bonchev–Trinajstić information content (AvgIpc) is 2.60. The molecule has 1 aromatic rings. The van der Waals surface area contributed by atoms with Gasteiger partial charge in [-0.3, -0.25) is 9.59 Å². The van der Waals surface area contributed by atoms with Gasteiger partial charge in [0.1, 0.15) is 11.5 Å². The van der Waals surface area contributed by atoms with Crippen molar-refractivity contribution in [3.05, 3.63) is 48.1 Å². The highest BCUT2D eigenvalue weighted by molar-refractivity contribution is 5.99. The van der Waals surface area contributed by atoms with Crippen LogP contribution in [0.1, 0.15) is 70.2 Å². The van der Waals surface area contributed by atoms with Crippen LogP contribution in [0.25, 0.3) is 0 Å². The molecule has 4 heteroatoms. The summed E-state index contributed by atoms with van der Waals surface area (Å²) in [6, 6.07) is 4.70. The van der Waals surface area contributed by atoms with Gasteiger partial charge in [-0.1, -0.05) is 32.4 Å². The number of ether oxygens (including phenoxy) is 1. The van der Waals surface area contributed by atoms with Crippen LogP contribution in [0.15, 0.2) is 42.5 Å². The Morgan fingerprint density at radius 2 is 2.00 bits per heavy atom. The van der Waals surface area contributed by atoms with Crippen LogP contribution in [0.2, 0.25) is 0 Å². The van der Waals surface area contributed by atoms with Gasteiger partial charge in [0.15, 0.2) is 11.6 Å². The molecule has 28 heavy (non-hydrogen) atoms. The van der Waals surface area contributed by atoms with Crippen LogP contribution < -0.4 is 4.74 Å². The van der Waals surface area contributed by atoms with E-state index in [0.29, 0.717) is 23.7 Å². The van der Waals surface area contributed by atoms with Crippen molar-refractivity contribution in [2.45, 2.75) is 59.8 Å². The number of ketones is 2. The molecule has 0 amide bonds. The summed E-state index contributed by atoms with van der Waals surface area (Å²) >= 11 is 0. The Kier molecular flexibility index (Phi) is 9.17. The number of methoxy groups -OCH3 is 1. The molecule has 0 aliphatic carbocycles. The number of phenolic OH excluding ortho intramolecular Hbond substituents is 1. The van der Waals surface area contributed by atoms with Crippen molar-refractivity contribution in [3.63, 3.8) is 0 Å². The lowest BCUT2D eigenvalue weighted by Gasteiger charge is -2.25. The van der Waals surface area contributed by atoms with E-state index in [0.717, 1.165) is 24.8 Å². The van der Waals surface area contributed by atoms with Gasteiger partial charge in [0.25, 0.3) is 0 Å². The first-order valence-electron chi connectivity index (χ1n) is 9.84. The average molecular weight is 387 g/mol. The van der Waals surface area contributed by atoms with Gasteiger partial charge in [-0.15, -0.1) is 6.58 Å².